The third-order valence-corrected chi connectivity index (χ3v) is 9.19. The zero-order chi connectivity index (χ0) is 32.0. The maximum Gasteiger partial charge on any atom is 0.320 e. The number of benzene rings is 2. The Morgan fingerprint density at radius 3 is 2.32 bits per heavy atom. The van der Waals surface area contributed by atoms with E-state index in [1.165, 1.54) is 12.0 Å². The molecule has 2 aromatic rings. The number of halogens is 4. The molecule has 2 saturated heterocycles. The number of amides is 4. The van der Waals surface area contributed by atoms with Gasteiger partial charge >= 0.3 is 6.03 Å². The van der Waals surface area contributed by atoms with Crippen molar-refractivity contribution in [1.29, 1.82) is 0 Å². The Kier molecular flexibility index (Phi) is 12.0. The monoisotopic (exact) mass is 684 g/mol. The molecule has 10 nitrogen and oxygen atoms in total. The second-order valence-corrected chi connectivity index (χ2v) is 12.7. The summed E-state index contributed by atoms with van der Waals surface area (Å²) in [6.45, 7) is 3.60. The van der Waals surface area contributed by atoms with E-state index >= 15 is 0 Å². The number of nitrogens with two attached hydrogens (primary N) is 1. The van der Waals surface area contributed by atoms with Crippen molar-refractivity contribution < 1.29 is 19.2 Å². The van der Waals surface area contributed by atoms with Crippen LogP contribution in [0.3, 0.4) is 0 Å². The average molecular weight is 686 g/mol. The van der Waals surface area contributed by atoms with E-state index in [0.29, 0.717) is 50.9 Å². The number of primary amides is 1. The second kappa shape index (κ2) is 15.5. The molecule has 14 heteroatoms. The first-order valence-corrected chi connectivity index (χ1v) is 15.8. The Labute approximate surface area is 277 Å². The molecule has 2 heterocycles. The van der Waals surface area contributed by atoms with E-state index < -0.39 is 5.91 Å². The van der Waals surface area contributed by atoms with Gasteiger partial charge in [0, 0.05) is 60.8 Å². The highest BCUT2D eigenvalue weighted by Gasteiger charge is 2.36. The van der Waals surface area contributed by atoms with Gasteiger partial charge in [0.1, 0.15) is 13.7 Å². The van der Waals surface area contributed by atoms with E-state index in [1.54, 1.807) is 36.2 Å². The Morgan fingerprint density at radius 2 is 1.70 bits per heavy atom. The SMILES string of the molecule is CO/N=C(\CN(C)C(=O)c1cc(Cl)cc(Cl)c1)C(CCN1CCC(N2CCN(CC(N)=O)C2=O)CC1)c1ccc(Cl)c(Cl)c1. The van der Waals surface area contributed by atoms with Crippen molar-refractivity contribution in [3.63, 3.8) is 0 Å². The maximum atomic E-state index is 13.3. The number of rotatable bonds is 12. The van der Waals surface area contributed by atoms with E-state index in [2.05, 4.69) is 10.1 Å². The van der Waals surface area contributed by atoms with E-state index in [1.807, 2.05) is 17.0 Å². The predicted octanol–water partition coefficient (Wildman–Crippen LogP) is 5.24. The van der Waals surface area contributed by atoms with Crippen molar-refractivity contribution >= 4 is 70.0 Å². The fraction of sp³-hybridized carbons (Fsp3) is 0.467. The van der Waals surface area contributed by atoms with Crippen LogP contribution in [0.5, 0.6) is 0 Å². The van der Waals surface area contributed by atoms with Gasteiger partial charge in [0.15, 0.2) is 0 Å². The largest absolute Gasteiger partial charge is 0.399 e. The van der Waals surface area contributed by atoms with E-state index in [-0.39, 0.29) is 37.0 Å². The number of hydrogen-bond donors (Lipinski definition) is 1. The van der Waals surface area contributed by atoms with Crippen molar-refractivity contribution in [1.82, 2.24) is 19.6 Å². The second-order valence-electron chi connectivity index (χ2n) is 11.0. The van der Waals surface area contributed by atoms with Crippen LogP contribution in [0.4, 0.5) is 4.79 Å². The van der Waals surface area contributed by atoms with Crippen LogP contribution < -0.4 is 5.73 Å². The normalized spacial score (nSPS) is 17.2. The lowest BCUT2D eigenvalue weighted by molar-refractivity contribution is -0.118. The van der Waals surface area contributed by atoms with Crippen LogP contribution in [0, 0.1) is 0 Å². The molecule has 0 aromatic heterocycles. The molecule has 1 unspecified atom stereocenters. The number of oxime groups is 1. The molecule has 4 amide bonds. The highest BCUT2D eigenvalue weighted by atomic mass is 35.5. The summed E-state index contributed by atoms with van der Waals surface area (Å²) in [7, 11) is 3.16. The lowest BCUT2D eigenvalue weighted by atomic mass is 9.89. The first kappa shape index (κ1) is 34.1. The minimum absolute atomic E-state index is 0.0523. The molecule has 1 atom stereocenters. The smallest absolute Gasteiger partial charge is 0.320 e. The molecule has 238 valence electrons. The van der Waals surface area contributed by atoms with Crippen molar-refractivity contribution in [2.45, 2.75) is 31.2 Å². The molecule has 2 fully saturated rings. The van der Waals surface area contributed by atoms with Gasteiger partial charge < -0.3 is 30.2 Å². The van der Waals surface area contributed by atoms with Gasteiger partial charge in [0.05, 0.1) is 22.3 Å². The van der Waals surface area contributed by atoms with Crippen molar-refractivity contribution in [3.8, 4) is 0 Å². The number of piperidine rings is 1. The van der Waals surface area contributed by atoms with Crippen LogP contribution in [-0.2, 0) is 9.63 Å². The van der Waals surface area contributed by atoms with Gasteiger partial charge in [0.25, 0.3) is 5.91 Å². The van der Waals surface area contributed by atoms with E-state index in [0.717, 1.165) is 38.0 Å². The average Bonchev–Trinajstić information content (AvgIpc) is 3.33. The number of nitrogens with zero attached hydrogens (tertiary/aromatic N) is 5. The Balaban J connectivity index is 1.45. The van der Waals surface area contributed by atoms with E-state index in [9.17, 15) is 14.4 Å². The number of urea groups is 1. The lowest BCUT2D eigenvalue weighted by Crippen LogP contribution is -2.47. The van der Waals surface area contributed by atoms with Gasteiger partial charge in [0.2, 0.25) is 5.91 Å². The van der Waals surface area contributed by atoms with Gasteiger partial charge in [-0.1, -0.05) is 57.6 Å². The van der Waals surface area contributed by atoms with Crippen molar-refractivity contribution in [2.24, 2.45) is 10.9 Å². The zero-order valence-electron chi connectivity index (χ0n) is 24.6. The highest BCUT2D eigenvalue weighted by Crippen LogP contribution is 2.31. The number of hydrogen-bond acceptors (Lipinski definition) is 6. The van der Waals surface area contributed by atoms with E-state index in [4.69, 9.17) is 57.0 Å². The summed E-state index contributed by atoms with van der Waals surface area (Å²) in [5.41, 5.74) is 7.20. The Hall–Kier alpha value is -2.76. The Bertz CT molecular complexity index is 1380. The summed E-state index contributed by atoms with van der Waals surface area (Å²) in [4.78, 5) is 49.9. The number of carbonyl (C=O) groups excluding carboxylic acids is 3. The van der Waals surface area contributed by atoms with Gasteiger partial charge in [-0.15, -0.1) is 0 Å². The standard InChI is InChI=1S/C30H36Cl4N6O4/c1-37(29(42)20-13-21(31)16-22(32)14-20)17-27(36-44-2)24(19-3-4-25(33)26(34)15-19)7-10-38-8-5-23(6-9-38)40-12-11-39(30(40)43)18-28(35)41/h3-4,13-16,23-24H,5-12,17-18H2,1-2H3,(H2,35,41)/b36-27+. The molecule has 0 saturated carbocycles. The predicted molar refractivity (Wildman–Crippen MR) is 174 cm³/mol. The topological polar surface area (TPSA) is 112 Å². The van der Waals surface area contributed by atoms with Crippen LogP contribution in [0.2, 0.25) is 20.1 Å². The highest BCUT2D eigenvalue weighted by molar-refractivity contribution is 6.42. The summed E-state index contributed by atoms with van der Waals surface area (Å²) in [5, 5.41) is 5.97. The molecule has 0 spiro atoms. The molecule has 2 aliphatic rings. The first-order chi connectivity index (χ1) is 21.0. The van der Waals surface area contributed by atoms with Crippen molar-refractivity contribution in [3.05, 3.63) is 67.6 Å². The molecule has 2 aliphatic heterocycles. The third-order valence-electron chi connectivity index (χ3n) is 8.02. The third kappa shape index (κ3) is 8.69. The van der Waals surface area contributed by atoms with Gasteiger partial charge in [-0.2, -0.15) is 0 Å². The molecular formula is C30H36Cl4N6O4. The van der Waals surface area contributed by atoms with Crippen LogP contribution in [-0.4, -0.2) is 109 Å². The zero-order valence-corrected chi connectivity index (χ0v) is 27.7. The summed E-state index contributed by atoms with van der Waals surface area (Å²) >= 11 is 24.9. The fourth-order valence-electron chi connectivity index (χ4n) is 5.83. The molecule has 0 radical (unpaired) electrons. The van der Waals surface area contributed by atoms with Gasteiger partial charge in [-0.3, -0.25) is 9.59 Å². The quantitative estimate of drug-likeness (QED) is 0.243. The summed E-state index contributed by atoms with van der Waals surface area (Å²) in [6.07, 6.45) is 2.32. The minimum atomic E-state index is -0.507. The molecule has 0 bridgehead atoms. The summed E-state index contributed by atoms with van der Waals surface area (Å²) < 4.78 is 0. The van der Waals surface area contributed by atoms with Crippen LogP contribution in [0.1, 0.15) is 41.1 Å². The molecule has 2 N–H and O–H groups in total. The summed E-state index contributed by atoms with van der Waals surface area (Å²) in [5.74, 6) is -1.01. The minimum Gasteiger partial charge on any atom is -0.399 e. The van der Waals surface area contributed by atoms with Crippen LogP contribution in [0.25, 0.3) is 0 Å². The summed E-state index contributed by atoms with van der Waals surface area (Å²) in [6, 6.07) is 10.2. The van der Waals surface area contributed by atoms with Crippen LogP contribution >= 0.6 is 46.4 Å². The maximum absolute atomic E-state index is 13.3. The van der Waals surface area contributed by atoms with Gasteiger partial charge in [-0.05, 0) is 61.7 Å². The molecule has 2 aromatic carbocycles. The lowest BCUT2D eigenvalue weighted by Gasteiger charge is -2.37. The fourth-order valence-corrected chi connectivity index (χ4v) is 6.66. The van der Waals surface area contributed by atoms with Crippen molar-refractivity contribution in [2.75, 3.05) is 60.0 Å². The molecule has 0 aliphatic carbocycles. The number of carbonyl (C=O) groups is 3. The molecule has 4 rings (SSSR count). The first-order valence-electron chi connectivity index (χ1n) is 14.3. The molecule has 44 heavy (non-hydrogen) atoms. The Morgan fingerprint density at radius 1 is 1.02 bits per heavy atom. The van der Waals surface area contributed by atoms with Crippen LogP contribution in [0.15, 0.2) is 41.6 Å². The van der Waals surface area contributed by atoms with Gasteiger partial charge in [-0.25, -0.2) is 4.79 Å². The number of likely N-dealkylation sites (tertiary alicyclic amines) is 1. The molecular weight excluding hydrogens is 650 g/mol.